The quantitative estimate of drug-likeness (QED) is 0.814. The maximum Gasteiger partial charge on any atom is 0.157 e. The van der Waals surface area contributed by atoms with Crippen LogP contribution in [-0.2, 0) is 0 Å². The van der Waals surface area contributed by atoms with Crippen molar-refractivity contribution in [2.75, 3.05) is 0 Å². The predicted octanol–water partition coefficient (Wildman–Crippen LogP) is 3.20. The molecule has 0 aliphatic heterocycles. The topological polar surface area (TPSA) is 41.6 Å². The molecule has 0 saturated heterocycles. The van der Waals surface area contributed by atoms with Crippen LogP contribution < -0.4 is 0 Å². The Kier molecular flexibility index (Phi) is 2.47. The molecule has 0 amide bonds. The zero-order valence-corrected chi connectivity index (χ0v) is 9.70. The largest absolute Gasteiger partial charge is 0.326 e. The van der Waals surface area contributed by atoms with E-state index in [9.17, 15) is 0 Å². The summed E-state index contributed by atoms with van der Waals surface area (Å²) in [6, 6.07) is 2.12. The molecule has 0 aromatic carbocycles. The highest BCUT2D eigenvalue weighted by Crippen LogP contribution is 2.19. The maximum atomic E-state index is 4.54. The molecule has 3 heteroatoms. The molecule has 80 valence electrons. The zero-order chi connectivity index (χ0) is 11.0. The molecule has 1 N–H and O–H groups in total. The van der Waals surface area contributed by atoms with E-state index in [1.54, 1.807) is 0 Å². The Morgan fingerprint density at radius 2 is 1.87 bits per heavy atom. The first-order valence-electron chi connectivity index (χ1n) is 5.43. The standard InChI is InChI=1S/C12H17N3/c1-7(2)9-5-10-12(13-6-9)15-11(14-10)8(3)4/h5-8H,1-4H3,(H,13,14,15). The number of H-pyrrole nitrogens is 1. The molecule has 0 spiro atoms. The molecule has 0 unspecified atom stereocenters. The van der Waals surface area contributed by atoms with Gasteiger partial charge in [0.25, 0.3) is 0 Å². The van der Waals surface area contributed by atoms with Crippen molar-refractivity contribution in [2.24, 2.45) is 0 Å². The van der Waals surface area contributed by atoms with E-state index in [1.165, 1.54) is 5.56 Å². The Balaban J connectivity index is 2.52. The third-order valence-electron chi connectivity index (χ3n) is 2.59. The summed E-state index contributed by atoms with van der Waals surface area (Å²) >= 11 is 0. The van der Waals surface area contributed by atoms with Crippen LogP contribution in [-0.4, -0.2) is 15.0 Å². The van der Waals surface area contributed by atoms with Crippen LogP contribution in [0.5, 0.6) is 0 Å². The van der Waals surface area contributed by atoms with E-state index >= 15 is 0 Å². The first-order chi connectivity index (χ1) is 7.08. The van der Waals surface area contributed by atoms with Gasteiger partial charge in [0.1, 0.15) is 11.3 Å². The summed E-state index contributed by atoms with van der Waals surface area (Å²) in [6.45, 7) is 8.58. The van der Waals surface area contributed by atoms with Crippen LogP contribution in [0.15, 0.2) is 12.3 Å². The van der Waals surface area contributed by atoms with Crippen molar-refractivity contribution in [3.63, 3.8) is 0 Å². The van der Waals surface area contributed by atoms with Gasteiger partial charge in [-0.15, -0.1) is 0 Å². The summed E-state index contributed by atoms with van der Waals surface area (Å²) in [6.07, 6.45) is 1.93. The van der Waals surface area contributed by atoms with Gasteiger partial charge in [-0.2, -0.15) is 0 Å². The monoisotopic (exact) mass is 203 g/mol. The number of rotatable bonds is 2. The molecule has 0 saturated carbocycles. The number of hydrogen-bond acceptors (Lipinski definition) is 2. The van der Waals surface area contributed by atoms with Crippen LogP contribution in [0.3, 0.4) is 0 Å². The number of imidazole rings is 1. The van der Waals surface area contributed by atoms with E-state index in [2.05, 4.69) is 48.7 Å². The first kappa shape index (κ1) is 10.1. The zero-order valence-electron chi connectivity index (χ0n) is 9.70. The molecule has 2 aromatic rings. The lowest BCUT2D eigenvalue weighted by Crippen LogP contribution is -1.88. The molecule has 2 heterocycles. The van der Waals surface area contributed by atoms with Crippen molar-refractivity contribution in [2.45, 2.75) is 39.5 Å². The summed E-state index contributed by atoms with van der Waals surface area (Å²) in [7, 11) is 0. The minimum Gasteiger partial charge on any atom is -0.326 e. The second kappa shape index (κ2) is 3.65. The van der Waals surface area contributed by atoms with Crippen molar-refractivity contribution in [3.05, 3.63) is 23.7 Å². The number of aromatic nitrogens is 3. The smallest absolute Gasteiger partial charge is 0.157 e. The van der Waals surface area contributed by atoms with Gasteiger partial charge in [-0.3, -0.25) is 0 Å². The highest BCUT2D eigenvalue weighted by atomic mass is 15.0. The fourth-order valence-corrected chi connectivity index (χ4v) is 1.52. The Bertz CT molecular complexity index is 463. The van der Waals surface area contributed by atoms with E-state index < -0.39 is 0 Å². The average molecular weight is 203 g/mol. The van der Waals surface area contributed by atoms with Gasteiger partial charge in [0.05, 0.1) is 0 Å². The van der Waals surface area contributed by atoms with Crippen LogP contribution in [0.1, 0.15) is 50.9 Å². The summed E-state index contributed by atoms with van der Waals surface area (Å²) in [5.41, 5.74) is 3.11. The van der Waals surface area contributed by atoms with Crippen LogP contribution in [0.2, 0.25) is 0 Å². The van der Waals surface area contributed by atoms with Gasteiger partial charge in [0, 0.05) is 12.1 Å². The Hall–Kier alpha value is -1.38. The highest BCUT2D eigenvalue weighted by molar-refractivity contribution is 5.71. The molecule has 2 aromatic heterocycles. The van der Waals surface area contributed by atoms with Gasteiger partial charge in [-0.25, -0.2) is 9.97 Å². The van der Waals surface area contributed by atoms with Crippen molar-refractivity contribution < 1.29 is 0 Å². The van der Waals surface area contributed by atoms with E-state index in [1.807, 2.05) is 6.20 Å². The lowest BCUT2D eigenvalue weighted by atomic mass is 10.1. The fraction of sp³-hybridized carbons (Fsp3) is 0.500. The number of nitrogens with zero attached hydrogens (tertiary/aromatic N) is 2. The Labute approximate surface area is 90.0 Å². The summed E-state index contributed by atoms with van der Waals surface area (Å²) in [5, 5.41) is 0. The number of fused-ring (bicyclic) bond motifs is 1. The Morgan fingerprint density at radius 1 is 1.13 bits per heavy atom. The van der Waals surface area contributed by atoms with E-state index in [-0.39, 0.29) is 0 Å². The van der Waals surface area contributed by atoms with Gasteiger partial charge < -0.3 is 4.98 Å². The molecule has 0 bridgehead atoms. The van der Waals surface area contributed by atoms with Crippen LogP contribution in [0.25, 0.3) is 11.2 Å². The molecule has 0 radical (unpaired) electrons. The number of pyridine rings is 1. The maximum absolute atomic E-state index is 4.54. The number of nitrogens with one attached hydrogen (secondary N) is 1. The first-order valence-corrected chi connectivity index (χ1v) is 5.43. The molecular weight excluding hydrogens is 186 g/mol. The van der Waals surface area contributed by atoms with Gasteiger partial charge in [0.15, 0.2) is 5.65 Å². The van der Waals surface area contributed by atoms with Crippen LogP contribution in [0, 0.1) is 0 Å². The van der Waals surface area contributed by atoms with Gasteiger partial charge in [-0.1, -0.05) is 27.7 Å². The predicted molar refractivity (Wildman–Crippen MR) is 62.1 cm³/mol. The summed E-state index contributed by atoms with van der Waals surface area (Å²) in [5.74, 6) is 1.93. The molecule has 0 aliphatic carbocycles. The van der Waals surface area contributed by atoms with Gasteiger partial charge >= 0.3 is 0 Å². The molecule has 2 rings (SSSR count). The second-order valence-corrected chi connectivity index (χ2v) is 4.57. The average Bonchev–Trinajstić information content (AvgIpc) is 2.59. The van der Waals surface area contributed by atoms with Crippen molar-refractivity contribution in [1.82, 2.24) is 15.0 Å². The van der Waals surface area contributed by atoms with Crippen LogP contribution >= 0.6 is 0 Å². The van der Waals surface area contributed by atoms with E-state index in [4.69, 9.17) is 0 Å². The molecular formula is C12H17N3. The number of aromatic amines is 1. The SMILES string of the molecule is CC(C)c1cnc2[nH]c(C(C)C)nc2c1. The van der Waals surface area contributed by atoms with E-state index in [0.29, 0.717) is 11.8 Å². The fourth-order valence-electron chi connectivity index (χ4n) is 1.52. The normalized spacial score (nSPS) is 11.9. The van der Waals surface area contributed by atoms with Gasteiger partial charge in [0.2, 0.25) is 0 Å². The lowest BCUT2D eigenvalue weighted by Gasteiger charge is -2.02. The third kappa shape index (κ3) is 1.87. The highest BCUT2D eigenvalue weighted by Gasteiger charge is 2.08. The molecule has 15 heavy (non-hydrogen) atoms. The minimum atomic E-state index is 0.418. The van der Waals surface area contributed by atoms with Crippen LogP contribution in [0.4, 0.5) is 0 Å². The minimum absolute atomic E-state index is 0.418. The molecule has 0 atom stereocenters. The van der Waals surface area contributed by atoms with E-state index in [0.717, 1.165) is 17.0 Å². The van der Waals surface area contributed by atoms with Crippen molar-refractivity contribution in [3.8, 4) is 0 Å². The molecule has 0 aliphatic rings. The lowest BCUT2D eigenvalue weighted by molar-refractivity contribution is 0.798. The Morgan fingerprint density at radius 3 is 2.47 bits per heavy atom. The summed E-state index contributed by atoms with van der Waals surface area (Å²) in [4.78, 5) is 12.2. The summed E-state index contributed by atoms with van der Waals surface area (Å²) < 4.78 is 0. The van der Waals surface area contributed by atoms with Gasteiger partial charge in [-0.05, 0) is 17.5 Å². The second-order valence-electron chi connectivity index (χ2n) is 4.57. The van der Waals surface area contributed by atoms with Crippen molar-refractivity contribution >= 4 is 11.2 Å². The van der Waals surface area contributed by atoms with Crippen molar-refractivity contribution in [1.29, 1.82) is 0 Å². The molecule has 3 nitrogen and oxygen atoms in total. The number of hydrogen-bond donors (Lipinski definition) is 1. The third-order valence-corrected chi connectivity index (χ3v) is 2.59. The molecule has 0 fully saturated rings.